The lowest BCUT2D eigenvalue weighted by atomic mass is 9.93. The number of allylic oxidation sites excluding steroid dienone is 4. The van der Waals surface area contributed by atoms with Crippen molar-refractivity contribution in [1.82, 2.24) is 0 Å². The lowest BCUT2D eigenvalue weighted by Gasteiger charge is -2.16. The summed E-state index contributed by atoms with van der Waals surface area (Å²) in [5.41, 5.74) is 2.96. The number of carbonyl (C=O) groups is 1. The molecule has 0 unspecified atom stereocenters. The van der Waals surface area contributed by atoms with Crippen LogP contribution in [0.4, 0.5) is 0 Å². The summed E-state index contributed by atoms with van der Waals surface area (Å²) >= 11 is 0. The molecule has 0 aliphatic carbocycles. The van der Waals surface area contributed by atoms with Crippen molar-refractivity contribution < 1.29 is 24.2 Å². The molecule has 0 radical (unpaired) electrons. The van der Waals surface area contributed by atoms with Crippen molar-refractivity contribution in [3.63, 3.8) is 0 Å². The van der Waals surface area contributed by atoms with Gasteiger partial charge in [-0.3, -0.25) is 9.59 Å². The minimum Gasteiger partial charge on any atom is -0.507 e. The van der Waals surface area contributed by atoms with Crippen LogP contribution in [-0.4, -0.2) is 22.6 Å². The van der Waals surface area contributed by atoms with Gasteiger partial charge in [-0.05, 0) is 59.9 Å². The summed E-state index contributed by atoms with van der Waals surface area (Å²) in [7, 11) is 0. The molecule has 0 saturated carbocycles. The molecule has 3 aromatic rings. The van der Waals surface area contributed by atoms with Crippen molar-refractivity contribution in [2.75, 3.05) is 6.61 Å². The minimum absolute atomic E-state index is 0.0189. The predicted molar refractivity (Wildman–Crippen MR) is 131 cm³/mol. The Morgan fingerprint density at radius 3 is 2.06 bits per heavy atom. The highest BCUT2D eigenvalue weighted by molar-refractivity contribution is 6.05. The molecule has 1 heterocycles. The highest BCUT2D eigenvalue weighted by atomic mass is 16.5. The molecule has 0 aliphatic rings. The Balaban J connectivity index is 2.51. The molecule has 1 aromatic heterocycles. The molecule has 2 aromatic carbocycles. The molecule has 0 fully saturated rings. The lowest BCUT2D eigenvalue weighted by molar-refractivity contribution is 0.101. The fourth-order valence-electron chi connectivity index (χ4n) is 3.90. The smallest absolute Gasteiger partial charge is 0.204 e. The summed E-state index contributed by atoms with van der Waals surface area (Å²) in [6.07, 6.45) is 4.37. The average Bonchev–Trinajstić information content (AvgIpc) is 2.70. The van der Waals surface area contributed by atoms with Crippen LogP contribution in [0, 0.1) is 0 Å². The summed E-state index contributed by atoms with van der Waals surface area (Å²) in [6, 6.07) is 2.88. The zero-order chi connectivity index (χ0) is 24.4. The minimum atomic E-state index is -0.454. The molecule has 174 valence electrons. The zero-order valence-electron chi connectivity index (χ0n) is 20.0. The largest absolute Gasteiger partial charge is 0.507 e. The van der Waals surface area contributed by atoms with E-state index in [1.807, 2.05) is 46.8 Å². The maximum Gasteiger partial charge on any atom is 0.204 e. The fraction of sp³-hybridized carbons (Fsp3) is 0.333. The predicted octanol–water partition coefficient (Wildman–Crippen LogP) is 5.98. The quantitative estimate of drug-likeness (QED) is 0.261. The standard InChI is InChI=1S/C27H30O6/c1-7-32-20-13-22-24(18(11-9-15(4)5)23(20)16(6)28)27(31)25-21(33-22)12-19(29)17(26(25)30)10-8-14(2)3/h8-9,12-13,29-30H,7,10-11H2,1-6H3. The van der Waals surface area contributed by atoms with Gasteiger partial charge in [0.15, 0.2) is 5.78 Å². The number of phenols is 2. The van der Waals surface area contributed by atoms with Crippen molar-refractivity contribution in [3.8, 4) is 17.2 Å². The third-order valence-corrected chi connectivity index (χ3v) is 5.46. The van der Waals surface area contributed by atoms with E-state index in [9.17, 15) is 19.8 Å². The zero-order valence-corrected chi connectivity index (χ0v) is 20.0. The Morgan fingerprint density at radius 2 is 1.52 bits per heavy atom. The van der Waals surface area contributed by atoms with E-state index in [1.165, 1.54) is 19.1 Å². The van der Waals surface area contributed by atoms with Crippen LogP contribution in [-0.2, 0) is 12.8 Å². The number of rotatable bonds is 7. The highest BCUT2D eigenvalue weighted by Gasteiger charge is 2.24. The van der Waals surface area contributed by atoms with E-state index in [0.29, 0.717) is 29.9 Å². The Labute approximate surface area is 192 Å². The van der Waals surface area contributed by atoms with Gasteiger partial charge in [0.05, 0.1) is 17.6 Å². The summed E-state index contributed by atoms with van der Waals surface area (Å²) in [4.78, 5) is 26.3. The van der Waals surface area contributed by atoms with Gasteiger partial charge < -0.3 is 19.4 Å². The summed E-state index contributed by atoms with van der Waals surface area (Å²) in [5, 5.41) is 21.7. The van der Waals surface area contributed by atoms with Crippen LogP contribution in [0.3, 0.4) is 0 Å². The van der Waals surface area contributed by atoms with Gasteiger partial charge >= 0.3 is 0 Å². The van der Waals surface area contributed by atoms with Crippen LogP contribution >= 0.6 is 0 Å². The summed E-state index contributed by atoms with van der Waals surface area (Å²) in [6.45, 7) is 11.3. The molecule has 2 N–H and O–H groups in total. The molecular formula is C27H30O6. The van der Waals surface area contributed by atoms with Crippen LogP contribution in [0.2, 0.25) is 0 Å². The van der Waals surface area contributed by atoms with Gasteiger partial charge in [0.2, 0.25) is 5.43 Å². The number of phenolic OH excluding ortho intramolecular Hbond substituents is 2. The molecule has 0 aliphatic heterocycles. The van der Waals surface area contributed by atoms with Crippen LogP contribution in [0.15, 0.2) is 44.6 Å². The molecule has 0 bridgehead atoms. The molecule has 0 amide bonds. The number of aromatic hydroxyl groups is 2. The molecule has 33 heavy (non-hydrogen) atoms. The second kappa shape index (κ2) is 9.53. The Morgan fingerprint density at radius 1 is 0.939 bits per heavy atom. The van der Waals surface area contributed by atoms with Gasteiger partial charge in [-0.15, -0.1) is 0 Å². The number of ether oxygens (including phenoxy) is 1. The first-order valence-corrected chi connectivity index (χ1v) is 11.0. The van der Waals surface area contributed by atoms with Gasteiger partial charge in [-0.2, -0.15) is 0 Å². The summed E-state index contributed by atoms with van der Waals surface area (Å²) in [5.74, 6) is -0.360. The summed E-state index contributed by atoms with van der Waals surface area (Å²) < 4.78 is 11.7. The first-order valence-electron chi connectivity index (χ1n) is 11.0. The van der Waals surface area contributed by atoms with Crippen molar-refractivity contribution >= 4 is 27.7 Å². The molecular weight excluding hydrogens is 420 g/mol. The fourth-order valence-corrected chi connectivity index (χ4v) is 3.90. The number of Topliss-reactive ketones (excluding diaryl/α,β-unsaturated/α-hetero) is 1. The van der Waals surface area contributed by atoms with Crippen LogP contribution in [0.1, 0.15) is 63.0 Å². The SMILES string of the molecule is CCOc1cc2oc3cc(O)c(CC=C(C)C)c(O)c3c(=O)c2c(CC=C(C)C)c1C(C)=O. The van der Waals surface area contributed by atoms with E-state index < -0.39 is 5.43 Å². The van der Waals surface area contributed by atoms with Gasteiger partial charge in [0, 0.05) is 17.7 Å². The van der Waals surface area contributed by atoms with E-state index >= 15 is 0 Å². The number of fused-ring (bicyclic) bond motifs is 2. The average molecular weight is 451 g/mol. The van der Waals surface area contributed by atoms with E-state index in [-0.39, 0.29) is 51.2 Å². The number of ketones is 1. The molecule has 6 nitrogen and oxygen atoms in total. The van der Waals surface area contributed by atoms with Crippen LogP contribution in [0.5, 0.6) is 17.2 Å². The highest BCUT2D eigenvalue weighted by Crippen LogP contribution is 2.38. The molecule has 0 saturated heterocycles. The van der Waals surface area contributed by atoms with Crippen molar-refractivity contribution in [3.05, 3.63) is 62.3 Å². The monoisotopic (exact) mass is 450 g/mol. The number of carbonyl (C=O) groups excluding carboxylic acids is 1. The first-order chi connectivity index (χ1) is 15.6. The molecule has 0 spiro atoms. The van der Waals surface area contributed by atoms with E-state index in [4.69, 9.17) is 9.15 Å². The van der Waals surface area contributed by atoms with Gasteiger partial charge in [0.1, 0.15) is 33.8 Å². The van der Waals surface area contributed by atoms with Gasteiger partial charge in [-0.25, -0.2) is 0 Å². The van der Waals surface area contributed by atoms with Crippen molar-refractivity contribution in [1.29, 1.82) is 0 Å². The van der Waals surface area contributed by atoms with Crippen LogP contribution < -0.4 is 10.2 Å². The number of hydrogen-bond donors (Lipinski definition) is 2. The number of hydrogen-bond acceptors (Lipinski definition) is 6. The van der Waals surface area contributed by atoms with Crippen molar-refractivity contribution in [2.24, 2.45) is 0 Å². The second-order valence-electron chi connectivity index (χ2n) is 8.59. The van der Waals surface area contributed by atoms with E-state index in [0.717, 1.165) is 11.1 Å². The van der Waals surface area contributed by atoms with Crippen LogP contribution in [0.25, 0.3) is 21.9 Å². The second-order valence-corrected chi connectivity index (χ2v) is 8.59. The third-order valence-electron chi connectivity index (χ3n) is 5.46. The maximum absolute atomic E-state index is 13.7. The molecule has 3 rings (SSSR count). The Kier molecular flexibility index (Phi) is 6.96. The first kappa shape index (κ1) is 24.1. The lowest BCUT2D eigenvalue weighted by Crippen LogP contribution is -2.12. The Bertz CT molecular complexity index is 1360. The third kappa shape index (κ3) is 4.65. The van der Waals surface area contributed by atoms with Gasteiger partial charge in [0.25, 0.3) is 0 Å². The number of benzene rings is 2. The van der Waals surface area contributed by atoms with Gasteiger partial charge in [-0.1, -0.05) is 23.3 Å². The topological polar surface area (TPSA) is 97.0 Å². The Hall–Kier alpha value is -3.54. The van der Waals surface area contributed by atoms with E-state index in [2.05, 4.69) is 0 Å². The maximum atomic E-state index is 13.7. The normalized spacial score (nSPS) is 11.0. The van der Waals surface area contributed by atoms with Crippen molar-refractivity contribution in [2.45, 2.75) is 54.4 Å². The van der Waals surface area contributed by atoms with E-state index in [1.54, 1.807) is 0 Å². The molecule has 6 heteroatoms. The molecule has 0 atom stereocenters.